The van der Waals surface area contributed by atoms with Gasteiger partial charge in [-0.15, -0.1) is 0 Å². The maximum Gasteiger partial charge on any atom is 0.317 e. The number of nitrogens with one attached hydrogen (secondary N) is 1. The Morgan fingerprint density at radius 2 is 2.33 bits per heavy atom. The highest BCUT2D eigenvalue weighted by molar-refractivity contribution is 7.07. The zero-order valence-electron chi connectivity index (χ0n) is 14.3. The van der Waals surface area contributed by atoms with Crippen molar-refractivity contribution >= 4 is 17.4 Å². The topological polar surface area (TPSA) is 61.4 Å². The van der Waals surface area contributed by atoms with Crippen molar-refractivity contribution in [2.24, 2.45) is 0 Å². The van der Waals surface area contributed by atoms with Gasteiger partial charge in [0.15, 0.2) is 0 Å². The molecule has 3 rings (SSSR count). The molecule has 0 saturated heterocycles. The molecule has 3 heterocycles. The normalized spacial score (nSPS) is 15.2. The second-order valence-corrected chi connectivity index (χ2v) is 7.06. The molecule has 6 nitrogen and oxygen atoms in total. The second kappa shape index (κ2) is 7.27. The SMILES string of the molecule is Cc1ncc2c(n1)CCN(C(=O)NCC(c1ccsc1)N(C)C)C2. The quantitative estimate of drug-likeness (QED) is 0.923. The van der Waals surface area contributed by atoms with E-state index in [1.165, 1.54) is 5.56 Å². The lowest BCUT2D eigenvalue weighted by atomic mass is 10.1. The number of nitrogens with zero attached hydrogens (tertiary/aromatic N) is 4. The first kappa shape index (κ1) is 16.9. The standard InChI is InChI=1S/C17H23N5OS/c1-12-18-8-14-10-22(6-4-15(14)20-12)17(23)19-9-16(21(2)3)13-5-7-24-11-13/h5,7-8,11,16H,4,6,9-10H2,1-3H3,(H,19,23). The lowest BCUT2D eigenvalue weighted by Crippen LogP contribution is -2.45. The van der Waals surface area contributed by atoms with E-state index in [2.05, 4.69) is 37.0 Å². The largest absolute Gasteiger partial charge is 0.336 e. The molecule has 0 radical (unpaired) electrons. The van der Waals surface area contributed by atoms with Crippen LogP contribution < -0.4 is 5.32 Å². The van der Waals surface area contributed by atoms with Gasteiger partial charge in [-0.05, 0) is 43.4 Å². The summed E-state index contributed by atoms with van der Waals surface area (Å²) in [5, 5.41) is 7.27. The molecule has 128 valence electrons. The van der Waals surface area contributed by atoms with Crippen LogP contribution in [0, 0.1) is 6.92 Å². The van der Waals surface area contributed by atoms with Gasteiger partial charge < -0.3 is 15.1 Å². The maximum absolute atomic E-state index is 12.5. The Hall–Kier alpha value is -1.99. The van der Waals surface area contributed by atoms with E-state index >= 15 is 0 Å². The van der Waals surface area contributed by atoms with Gasteiger partial charge in [-0.25, -0.2) is 14.8 Å². The first-order chi connectivity index (χ1) is 11.5. The number of carbonyl (C=O) groups excluding carboxylic acids is 1. The molecule has 2 aromatic rings. The van der Waals surface area contributed by atoms with Gasteiger partial charge >= 0.3 is 6.03 Å². The summed E-state index contributed by atoms with van der Waals surface area (Å²) in [5.41, 5.74) is 3.35. The van der Waals surface area contributed by atoms with Crippen LogP contribution in [0.4, 0.5) is 4.79 Å². The fourth-order valence-electron chi connectivity index (χ4n) is 2.95. The van der Waals surface area contributed by atoms with Gasteiger partial charge in [0.2, 0.25) is 0 Å². The van der Waals surface area contributed by atoms with Crippen LogP contribution in [0.25, 0.3) is 0 Å². The van der Waals surface area contributed by atoms with Crippen LogP contribution in [0.3, 0.4) is 0 Å². The van der Waals surface area contributed by atoms with Crippen molar-refractivity contribution in [3.05, 3.63) is 45.7 Å². The molecule has 1 N–H and O–H groups in total. The van der Waals surface area contributed by atoms with Gasteiger partial charge in [0, 0.05) is 31.3 Å². The maximum atomic E-state index is 12.5. The van der Waals surface area contributed by atoms with Crippen LogP contribution in [0.15, 0.2) is 23.0 Å². The first-order valence-corrected chi connectivity index (χ1v) is 9.01. The Bertz CT molecular complexity index is 701. The van der Waals surface area contributed by atoms with Gasteiger partial charge in [-0.3, -0.25) is 0 Å². The van der Waals surface area contributed by atoms with Gasteiger partial charge in [-0.1, -0.05) is 0 Å². The molecule has 0 fully saturated rings. The molecule has 1 aliphatic rings. The third-order valence-electron chi connectivity index (χ3n) is 4.34. The third-order valence-corrected chi connectivity index (χ3v) is 5.04. The Kier molecular flexibility index (Phi) is 5.11. The third kappa shape index (κ3) is 3.73. The van der Waals surface area contributed by atoms with E-state index in [0.29, 0.717) is 19.6 Å². The number of carbonyl (C=O) groups is 1. The van der Waals surface area contributed by atoms with Crippen molar-refractivity contribution in [1.29, 1.82) is 0 Å². The van der Waals surface area contributed by atoms with E-state index in [4.69, 9.17) is 0 Å². The molecule has 0 aliphatic carbocycles. The molecule has 1 aliphatic heterocycles. The van der Waals surface area contributed by atoms with E-state index in [1.54, 1.807) is 11.3 Å². The molecule has 1 atom stereocenters. The van der Waals surface area contributed by atoms with Crippen molar-refractivity contribution in [2.45, 2.75) is 25.9 Å². The second-order valence-electron chi connectivity index (χ2n) is 6.28. The Balaban J connectivity index is 1.60. The number of aromatic nitrogens is 2. The van der Waals surface area contributed by atoms with E-state index in [1.807, 2.05) is 32.1 Å². The summed E-state index contributed by atoms with van der Waals surface area (Å²) in [6.45, 7) is 3.76. The summed E-state index contributed by atoms with van der Waals surface area (Å²) < 4.78 is 0. The van der Waals surface area contributed by atoms with Crippen molar-refractivity contribution in [1.82, 2.24) is 25.1 Å². The molecule has 7 heteroatoms. The molecule has 0 aromatic carbocycles. The molecule has 2 amide bonds. The zero-order valence-corrected chi connectivity index (χ0v) is 15.1. The number of hydrogen-bond donors (Lipinski definition) is 1. The summed E-state index contributed by atoms with van der Waals surface area (Å²) in [6.07, 6.45) is 2.62. The average Bonchev–Trinajstić information content (AvgIpc) is 3.08. The molecule has 1 unspecified atom stereocenters. The van der Waals surface area contributed by atoms with E-state index in [9.17, 15) is 4.79 Å². The molecule has 24 heavy (non-hydrogen) atoms. The highest BCUT2D eigenvalue weighted by Crippen LogP contribution is 2.21. The molecule has 0 spiro atoms. The van der Waals surface area contributed by atoms with Crippen LogP contribution in [-0.4, -0.2) is 53.0 Å². The van der Waals surface area contributed by atoms with Crippen molar-refractivity contribution in [2.75, 3.05) is 27.2 Å². The fourth-order valence-corrected chi connectivity index (χ4v) is 3.66. The van der Waals surface area contributed by atoms with E-state index in [-0.39, 0.29) is 12.1 Å². The number of thiophene rings is 1. The van der Waals surface area contributed by atoms with E-state index in [0.717, 1.165) is 23.5 Å². The smallest absolute Gasteiger partial charge is 0.317 e. The van der Waals surface area contributed by atoms with Gasteiger partial charge in [0.25, 0.3) is 0 Å². The van der Waals surface area contributed by atoms with Crippen LogP contribution in [0.1, 0.15) is 28.7 Å². The lowest BCUT2D eigenvalue weighted by molar-refractivity contribution is 0.186. The van der Waals surface area contributed by atoms with Crippen LogP contribution in [-0.2, 0) is 13.0 Å². The minimum Gasteiger partial charge on any atom is -0.336 e. The number of urea groups is 1. The van der Waals surface area contributed by atoms with Crippen molar-refractivity contribution < 1.29 is 4.79 Å². The van der Waals surface area contributed by atoms with Crippen molar-refractivity contribution in [3.63, 3.8) is 0 Å². The van der Waals surface area contributed by atoms with E-state index < -0.39 is 0 Å². The van der Waals surface area contributed by atoms with Gasteiger partial charge in [0.05, 0.1) is 18.3 Å². The highest BCUT2D eigenvalue weighted by Gasteiger charge is 2.23. The lowest BCUT2D eigenvalue weighted by Gasteiger charge is -2.30. The minimum atomic E-state index is -0.0247. The van der Waals surface area contributed by atoms with Crippen molar-refractivity contribution in [3.8, 4) is 0 Å². The highest BCUT2D eigenvalue weighted by atomic mass is 32.1. The summed E-state index contributed by atoms with van der Waals surface area (Å²) in [7, 11) is 4.07. The fraction of sp³-hybridized carbons (Fsp3) is 0.471. The molecular weight excluding hydrogens is 322 g/mol. The number of likely N-dealkylation sites (N-methyl/N-ethyl adjacent to an activating group) is 1. The van der Waals surface area contributed by atoms with Crippen LogP contribution >= 0.6 is 11.3 Å². The summed E-state index contributed by atoms with van der Waals surface area (Å²) in [4.78, 5) is 25.2. The molecule has 0 saturated carbocycles. The molecule has 2 aromatic heterocycles. The molecular formula is C17H23N5OS. The number of aryl methyl sites for hydroxylation is 1. The summed E-state index contributed by atoms with van der Waals surface area (Å²) in [6, 6.07) is 2.27. The number of hydrogen-bond acceptors (Lipinski definition) is 5. The average molecular weight is 345 g/mol. The van der Waals surface area contributed by atoms with Gasteiger partial charge in [0.1, 0.15) is 5.82 Å². The Morgan fingerprint density at radius 3 is 3.04 bits per heavy atom. The Morgan fingerprint density at radius 1 is 1.50 bits per heavy atom. The first-order valence-electron chi connectivity index (χ1n) is 8.07. The number of rotatable bonds is 4. The Labute approximate surface area is 146 Å². The monoisotopic (exact) mass is 345 g/mol. The summed E-state index contributed by atoms with van der Waals surface area (Å²) in [5.74, 6) is 0.788. The number of fused-ring (bicyclic) bond motifs is 1. The van der Waals surface area contributed by atoms with Crippen LogP contribution in [0.2, 0.25) is 0 Å². The van der Waals surface area contributed by atoms with Gasteiger partial charge in [-0.2, -0.15) is 11.3 Å². The predicted octanol–water partition coefficient (Wildman–Crippen LogP) is 2.22. The molecule has 0 bridgehead atoms. The van der Waals surface area contributed by atoms with Crippen LogP contribution in [0.5, 0.6) is 0 Å². The predicted molar refractivity (Wildman–Crippen MR) is 95.0 cm³/mol. The number of amides is 2. The zero-order chi connectivity index (χ0) is 17.1. The summed E-state index contributed by atoms with van der Waals surface area (Å²) >= 11 is 1.68. The minimum absolute atomic E-state index is 0.0247.